The minimum absolute atomic E-state index is 0.0634. The molecule has 116 heavy (non-hydrogen) atoms. The number of nitrogens with zero attached hydrogens (tertiary/aromatic N) is 2. The van der Waals surface area contributed by atoms with Gasteiger partial charge in [0.1, 0.15) is 146 Å². The summed E-state index contributed by atoms with van der Waals surface area (Å²) in [6, 6.07) is -0.0940. The molecule has 53 heteroatoms. The highest BCUT2D eigenvalue weighted by Crippen LogP contribution is 2.48. The zero-order valence-corrected chi connectivity index (χ0v) is 64.1. The topological polar surface area (TPSA) is 713 Å². The summed E-state index contributed by atoms with van der Waals surface area (Å²) in [5.41, 5.74) is 4.12. The first-order valence-electron chi connectivity index (χ1n) is 36.6. The van der Waals surface area contributed by atoms with Gasteiger partial charge in [-0.1, -0.05) is 6.92 Å². The SMILES string of the molecule is CCSCC1O[C@@H]2O[C@@H]3C(CO)O[C@@H](O[C@@H]4C(CO)O[C@@H](O[C@H]5CC(O)[C@@H](OC5CSC[C@@H](NC)C(=O)NCCC(=O)OCC(=O)OCOP(=O)(O)OC[C@H]5O[C@@H](n6ccc(N)nc6=O)C(F)(F)[C@@H]5O)O[C@H]5CC(O)[C@H](OC5CO)O[C@@H]5C(CO)O[C@H](O[C@@H]6C(CO)O[C@@H](O[C@H]1[C@H](O)C2O)C(O)[C@H]6O)C(O)[C@H]5O)C(O)[C@H]4O)C(O)[C@H]3O. The molecule has 0 saturated carbocycles. The summed E-state index contributed by atoms with van der Waals surface area (Å²) >= 11 is 2.21. The molecule has 22 aliphatic heterocycles. The van der Waals surface area contributed by atoms with Crippen LogP contribution in [-0.4, -0.2) is 441 Å². The van der Waals surface area contributed by atoms with Crippen molar-refractivity contribution in [2.75, 3.05) is 95.4 Å². The lowest BCUT2D eigenvalue weighted by molar-refractivity contribution is -0.393. The molecule has 666 valence electrons. The molecule has 48 nitrogen and oxygen atoms in total. The highest BCUT2D eigenvalue weighted by molar-refractivity contribution is 7.99. The summed E-state index contributed by atoms with van der Waals surface area (Å²) in [6.07, 6.45) is -69.1. The van der Waals surface area contributed by atoms with Crippen LogP contribution in [0.1, 0.15) is 32.4 Å². The Balaban J connectivity index is 0.793. The fourth-order valence-electron chi connectivity index (χ4n) is 13.9. The molecule has 1 aromatic rings. The third-order valence-electron chi connectivity index (χ3n) is 20.2. The lowest BCUT2D eigenvalue weighted by atomic mass is 9.95. The van der Waals surface area contributed by atoms with Crippen LogP contribution >= 0.6 is 31.3 Å². The Bertz CT molecular complexity index is 3400. The number of nitrogens with one attached hydrogen (secondary N) is 2. The number of hydrogen-bond donors (Lipinski definition) is 22. The number of nitrogen functional groups attached to an aromatic ring is 1. The van der Waals surface area contributed by atoms with Gasteiger partial charge in [0.05, 0.1) is 76.5 Å². The van der Waals surface area contributed by atoms with E-state index in [-0.39, 0.29) is 23.1 Å². The average molecular weight is 1750 g/mol. The molecule has 23 heterocycles. The molecule has 1 amide bonds. The number of aliphatic hydroxyl groups excluding tert-OH is 18. The monoisotopic (exact) mass is 1750 g/mol. The van der Waals surface area contributed by atoms with Crippen LogP contribution in [-0.2, 0) is 109 Å². The molecule has 0 spiro atoms. The minimum Gasteiger partial charge on any atom is -0.454 e. The summed E-state index contributed by atoms with van der Waals surface area (Å²) < 4.78 is 150. The van der Waals surface area contributed by atoms with E-state index in [1.54, 1.807) is 6.92 Å². The maximum atomic E-state index is 14.9. The summed E-state index contributed by atoms with van der Waals surface area (Å²) in [7, 11) is -3.85. The van der Waals surface area contributed by atoms with Crippen LogP contribution in [0.15, 0.2) is 17.1 Å². The van der Waals surface area contributed by atoms with Crippen LogP contribution in [0.5, 0.6) is 0 Å². The molecular formula is C63H100F2N5O43PS2. The molecular weight excluding hydrogens is 1650 g/mol. The van der Waals surface area contributed by atoms with Crippen molar-refractivity contribution in [2.24, 2.45) is 0 Å². The lowest BCUT2D eigenvalue weighted by Gasteiger charge is -2.50. The number of phosphoric acid groups is 1. The Kier molecular flexibility index (Phi) is 34.4. The smallest absolute Gasteiger partial charge is 0.454 e. The van der Waals surface area contributed by atoms with Gasteiger partial charge in [-0.05, 0) is 18.9 Å². The van der Waals surface area contributed by atoms with Gasteiger partial charge in [-0.2, -0.15) is 37.3 Å². The van der Waals surface area contributed by atoms with Crippen LogP contribution < -0.4 is 22.1 Å². The van der Waals surface area contributed by atoms with Crippen LogP contribution in [0.25, 0.3) is 0 Å². The first kappa shape index (κ1) is 94.6. The van der Waals surface area contributed by atoms with Crippen LogP contribution in [0.2, 0.25) is 0 Å². The molecule has 22 aliphatic rings. The first-order valence-corrected chi connectivity index (χ1v) is 40.4. The average Bonchev–Trinajstić information content (AvgIpc) is 1.43. The number of likely N-dealkylation sites (N-methyl/N-ethyl adjacent to an activating group) is 1. The van der Waals surface area contributed by atoms with Crippen molar-refractivity contribution in [1.29, 1.82) is 0 Å². The van der Waals surface area contributed by atoms with Crippen molar-refractivity contribution >= 4 is 55.0 Å². The van der Waals surface area contributed by atoms with Gasteiger partial charge in [0, 0.05) is 42.8 Å². The third kappa shape index (κ3) is 22.3. The second-order valence-corrected chi connectivity index (χ2v) is 31.9. The standard InChI is InChI=1S/C63H100F2N5O43PS2/c1-3-115-19-33-51-41(84)46(89)60(107-33)112-50-30(14-75)104-58(44(87)39(50)82)110-48-28(12-73)102-56(42(85)37(48)80)100-25-9-22(76)54(99-24-8-23(77)55(101-26(24)10-71)109-47-27(11-72)103-57(43(86)38(47)81)111-49-29(13-74)105-59(113-51)45(88)40(49)83)106-32(25)18-116-17-21(67-2)53(91)68-6-4-35(78)95-16-36(79)96-20-98-114(93,94)97-15-31-52(90)63(64,65)61(108-31)70-7-5-34(66)69-62(70)92/h5,7,21-33,37-52,54-61,67,71-77,80-90H,3-4,6,8-20H2,1-2H3,(H,68,91)(H,93,94)(H2,66,69,92)/t21-,22?,23?,24+,25+,26?,27?,28?,29?,30?,31-,32?,33?,37-,38-,39-,40-,41-,42?,43?,44?,45?,46?,47-,48-,49-,50-,51-,52-,54-,55-,56-,57-,58+,59+,60-,61-/m1/s1. The van der Waals surface area contributed by atoms with Gasteiger partial charge < -0.3 is 194 Å². The number of hydrogen-bond acceptors (Lipinski definition) is 47. The van der Waals surface area contributed by atoms with E-state index >= 15 is 0 Å². The second kappa shape index (κ2) is 42.2. The van der Waals surface area contributed by atoms with E-state index in [1.807, 2.05) is 0 Å². The Morgan fingerprint density at radius 1 is 0.560 bits per heavy atom. The number of carbonyl (C=O) groups excluding carboxylic acids is 3. The molecule has 15 unspecified atom stereocenters. The number of alkyl halides is 2. The molecule has 23 N–H and O–H groups in total. The maximum Gasteiger partial charge on any atom is 0.475 e. The van der Waals surface area contributed by atoms with Crippen LogP contribution in [0.4, 0.5) is 14.6 Å². The van der Waals surface area contributed by atoms with E-state index in [9.17, 15) is 129 Å². The Hall–Kier alpha value is -3.60. The molecule has 22 saturated heterocycles. The summed E-state index contributed by atoms with van der Waals surface area (Å²) in [4.78, 5) is 64.0. The normalized spacial score (nSPS) is 43.2. The second-order valence-electron chi connectivity index (χ2n) is 28.0. The molecule has 14 bridgehead atoms. The molecule has 1 aromatic heterocycles. The molecule has 22 fully saturated rings. The number of aliphatic hydroxyl groups is 18. The number of amides is 1. The summed E-state index contributed by atoms with van der Waals surface area (Å²) in [6.45, 7) is -7.28. The van der Waals surface area contributed by atoms with E-state index in [2.05, 4.69) is 29.4 Å². The van der Waals surface area contributed by atoms with Crippen molar-refractivity contribution in [3.63, 3.8) is 0 Å². The molecule has 38 atom stereocenters. The van der Waals surface area contributed by atoms with Crippen molar-refractivity contribution in [2.45, 2.75) is 259 Å². The van der Waals surface area contributed by atoms with Gasteiger partial charge in [-0.25, -0.2) is 18.7 Å². The largest absolute Gasteiger partial charge is 0.475 e. The van der Waals surface area contributed by atoms with Gasteiger partial charge >= 0.3 is 31.4 Å². The maximum absolute atomic E-state index is 14.9. The van der Waals surface area contributed by atoms with E-state index in [0.717, 1.165) is 24.0 Å². The summed E-state index contributed by atoms with van der Waals surface area (Å²) in [5, 5.41) is 208. The van der Waals surface area contributed by atoms with Gasteiger partial charge in [-0.3, -0.25) is 18.7 Å². The fraction of sp³-hybridized carbons (Fsp3) is 0.889. The third-order valence-corrected chi connectivity index (χ3v) is 23.2. The van der Waals surface area contributed by atoms with Crippen molar-refractivity contribution in [3.05, 3.63) is 22.7 Å². The number of aromatic nitrogens is 2. The predicted molar refractivity (Wildman–Crippen MR) is 369 cm³/mol. The van der Waals surface area contributed by atoms with Gasteiger partial charge in [0.25, 0.3) is 0 Å². The van der Waals surface area contributed by atoms with Crippen molar-refractivity contribution in [1.82, 2.24) is 20.2 Å². The Morgan fingerprint density at radius 2 is 0.974 bits per heavy atom. The van der Waals surface area contributed by atoms with Crippen molar-refractivity contribution < 1.29 is 214 Å². The molecule has 0 radical (unpaired) electrons. The minimum atomic E-state index is -5.24. The Labute approximate surface area is 664 Å². The number of halogens is 2. The van der Waals surface area contributed by atoms with Gasteiger partial charge in [0.15, 0.2) is 56.7 Å². The van der Waals surface area contributed by atoms with E-state index in [0.29, 0.717) is 10.3 Å². The van der Waals surface area contributed by atoms with E-state index in [1.165, 1.54) is 18.8 Å². The van der Waals surface area contributed by atoms with Gasteiger partial charge in [-0.15, -0.1) is 0 Å². The lowest BCUT2D eigenvalue weighted by Crippen LogP contribution is -2.68. The number of rotatable bonds is 26. The quantitative estimate of drug-likeness (QED) is 0.0233. The van der Waals surface area contributed by atoms with E-state index in [4.69, 9.17) is 81.5 Å². The zero-order chi connectivity index (χ0) is 84.5. The van der Waals surface area contributed by atoms with Gasteiger partial charge in [0.2, 0.25) is 18.9 Å². The number of ether oxygens (including phenoxy) is 17. The number of esters is 2. The fourth-order valence-corrected chi connectivity index (χ4v) is 16.4. The number of thioether (sulfide) groups is 2. The number of anilines is 1. The number of nitrogens with two attached hydrogens (primary N) is 1. The van der Waals surface area contributed by atoms with Crippen LogP contribution in [0, 0.1) is 0 Å². The number of phosphoric ester groups is 1. The first-order chi connectivity index (χ1) is 55.1. The van der Waals surface area contributed by atoms with Crippen molar-refractivity contribution in [3.8, 4) is 0 Å². The highest BCUT2D eigenvalue weighted by Gasteiger charge is 2.62. The summed E-state index contributed by atoms with van der Waals surface area (Å²) in [5.74, 6) is -7.59. The molecule has 0 aliphatic carbocycles. The molecule has 23 rings (SSSR count). The van der Waals surface area contributed by atoms with Crippen LogP contribution in [0.3, 0.4) is 0 Å². The predicted octanol–water partition coefficient (Wildman–Crippen LogP) is -12.7. The molecule has 0 aromatic carbocycles. The van der Waals surface area contributed by atoms with E-state index < -0.39 is 343 Å². The Morgan fingerprint density at radius 3 is 1.44 bits per heavy atom. The number of carbonyl (C=O) groups is 3. The highest BCUT2D eigenvalue weighted by atomic mass is 32.2. The zero-order valence-electron chi connectivity index (χ0n) is 61.6.